The predicted molar refractivity (Wildman–Crippen MR) is 75.0 cm³/mol. The molecule has 0 bridgehead atoms. The third-order valence-corrected chi connectivity index (χ3v) is 2.38. The lowest BCUT2D eigenvalue weighted by atomic mass is 10.4. The van der Waals surface area contributed by atoms with E-state index < -0.39 is 0 Å². The topological polar surface area (TPSA) is 17.3 Å². The summed E-state index contributed by atoms with van der Waals surface area (Å²) in [6, 6.07) is 4.00. The zero-order valence-corrected chi connectivity index (χ0v) is 12.4. The van der Waals surface area contributed by atoms with E-state index in [1.807, 2.05) is 52.2 Å². The number of rotatable bonds is 1. The minimum Gasteiger partial charge on any atom is -0.303 e. The van der Waals surface area contributed by atoms with Crippen LogP contribution in [0.25, 0.3) is 5.65 Å². The van der Waals surface area contributed by atoms with Gasteiger partial charge in [0.05, 0.1) is 0 Å². The van der Waals surface area contributed by atoms with E-state index in [0.717, 1.165) is 16.5 Å². The van der Waals surface area contributed by atoms with Gasteiger partial charge >= 0.3 is 0 Å². The van der Waals surface area contributed by atoms with Crippen molar-refractivity contribution in [2.45, 2.75) is 41.0 Å². The van der Waals surface area contributed by atoms with Gasteiger partial charge in [-0.05, 0) is 34.5 Å². The molecule has 0 saturated heterocycles. The summed E-state index contributed by atoms with van der Waals surface area (Å²) in [6.45, 7) is 10.1. The first-order chi connectivity index (χ1) is 7.81. The lowest BCUT2D eigenvalue weighted by molar-refractivity contribution is 0.992. The van der Waals surface area contributed by atoms with Crippen molar-refractivity contribution in [1.29, 1.82) is 0 Å². The van der Waals surface area contributed by atoms with Gasteiger partial charge in [-0.1, -0.05) is 34.6 Å². The second-order valence-corrected chi connectivity index (χ2v) is 3.59. The molecule has 2 aromatic heterocycles. The molecule has 0 amide bonds. The van der Waals surface area contributed by atoms with Gasteiger partial charge in [0.15, 0.2) is 0 Å². The second-order valence-electron chi connectivity index (χ2n) is 2.68. The van der Waals surface area contributed by atoms with Gasteiger partial charge < -0.3 is 4.40 Å². The van der Waals surface area contributed by atoms with Gasteiger partial charge in [0.25, 0.3) is 0 Å². The summed E-state index contributed by atoms with van der Waals surface area (Å²) in [5, 5.41) is 0. The van der Waals surface area contributed by atoms with Gasteiger partial charge in [-0.25, -0.2) is 4.98 Å². The van der Waals surface area contributed by atoms with E-state index in [0.29, 0.717) is 0 Å². The van der Waals surface area contributed by atoms with E-state index in [4.69, 9.17) is 0 Å². The van der Waals surface area contributed by atoms with Crippen LogP contribution >= 0.6 is 15.9 Å². The Morgan fingerprint density at radius 3 is 2.38 bits per heavy atom. The highest BCUT2D eigenvalue weighted by Gasteiger charge is 1.99. The molecular formula is C13H21BrN2. The molecule has 0 aliphatic heterocycles. The number of aromatic nitrogens is 2. The third-order valence-electron chi connectivity index (χ3n) is 1.91. The summed E-state index contributed by atoms with van der Waals surface area (Å²) in [5.41, 5.74) is 2.25. The summed E-state index contributed by atoms with van der Waals surface area (Å²) in [7, 11) is 0. The molecular weight excluding hydrogens is 264 g/mol. The fourth-order valence-corrected chi connectivity index (χ4v) is 1.60. The summed E-state index contributed by atoms with van der Waals surface area (Å²) in [4.78, 5) is 4.27. The van der Waals surface area contributed by atoms with Crippen molar-refractivity contribution in [2.24, 2.45) is 0 Å². The average molecular weight is 285 g/mol. The number of fused-ring (bicyclic) bond motifs is 1. The second kappa shape index (κ2) is 8.34. The molecule has 16 heavy (non-hydrogen) atoms. The van der Waals surface area contributed by atoms with Crippen LogP contribution in [0.3, 0.4) is 0 Å². The summed E-state index contributed by atoms with van der Waals surface area (Å²) in [5.74, 6) is 0. The van der Waals surface area contributed by atoms with Crippen LogP contribution < -0.4 is 0 Å². The lowest BCUT2D eigenvalue weighted by Crippen LogP contribution is -1.89. The maximum atomic E-state index is 4.27. The maximum absolute atomic E-state index is 4.27. The van der Waals surface area contributed by atoms with Crippen LogP contribution in [0.5, 0.6) is 0 Å². The first-order valence-electron chi connectivity index (χ1n) is 5.92. The van der Waals surface area contributed by atoms with E-state index in [2.05, 4.69) is 32.2 Å². The molecule has 0 fully saturated rings. The monoisotopic (exact) mass is 284 g/mol. The van der Waals surface area contributed by atoms with Crippen molar-refractivity contribution in [2.75, 3.05) is 0 Å². The minimum atomic E-state index is 1.01. The van der Waals surface area contributed by atoms with E-state index in [1.165, 1.54) is 5.69 Å². The molecule has 0 atom stereocenters. The maximum Gasteiger partial charge on any atom is 0.136 e. The molecule has 2 aromatic rings. The number of pyridine rings is 1. The number of nitrogens with zero attached hydrogens (tertiary/aromatic N) is 2. The minimum absolute atomic E-state index is 1.01. The largest absolute Gasteiger partial charge is 0.303 e. The van der Waals surface area contributed by atoms with Gasteiger partial charge in [0.1, 0.15) is 5.65 Å². The lowest BCUT2D eigenvalue weighted by Gasteiger charge is -1.97. The van der Waals surface area contributed by atoms with Crippen molar-refractivity contribution in [3.63, 3.8) is 0 Å². The highest BCUT2D eigenvalue weighted by atomic mass is 79.9. The number of hydrogen-bond donors (Lipinski definition) is 0. The Hall–Kier alpha value is -0.830. The molecule has 0 saturated carbocycles. The molecule has 2 rings (SSSR count). The van der Waals surface area contributed by atoms with Crippen molar-refractivity contribution in [3.8, 4) is 0 Å². The predicted octanol–water partition coefficient (Wildman–Crippen LogP) is 4.71. The van der Waals surface area contributed by atoms with Gasteiger partial charge in [-0.15, -0.1) is 0 Å². The number of halogens is 1. The Kier molecular flexibility index (Phi) is 7.90. The number of aryl methyl sites for hydroxylation is 1. The molecule has 0 aromatic carbocycles. The highest BCUT2D eigenvalue weighted by molar-refractivity contribution is 9.10. The molecule has 0 radical (unpaired) electrons. The Morgan fingerprint density at radius 1 is 1.19 bits per heavy atom. The Labute approximate surface area is 107 Å². The fourth-order valence-electron chi connectivity index (χ4n) is 1.27. The van der Waals surface area contributed by atoms with Crippen LogP contribution in [-0.2, 0) is 6.42 Å². The fraction of sp³-hybridized carbons (Fsp3) is 0.462. The van der Waals surface area contributed by atoms with E-state index >= 15 is 0 Å². The van der Waals surface area contributed by atoms with Crippen molar-refractivity contribution < 1.29 is 0 Å². The normalized spacial score (nSPS) is 8.88. The summed E-state index contributed by atoms with van der Waals surface area (Å²) >= 11 is 3.43. The van der Waals surface area contributed by atoms with Crippen LogP contribution in [0.15, 0.2) is 29.0 Å². The standard InChI is InChI=1S/C9H9BrN2.2C2H6/c1-2-8-5-11-9-4-3-7(10)6-12(8)9;2*1-2/h3-6H,2H2,1H3;2*1-2H3. The number of imidazole rings is 1. The average Bonchev–Trinajstić information content (AvgIpc) is 2.76. The molecule has 3 heteroatoms. The van der Waals surface area contributed by atoms with Crippen LogP contribution in [-0.4, -0.2) is 9.38 Å². The molecule has 0 spiro atoms. The zero-order chi connectivity index (χ0) is 12.6. The van der Waals surface area contributed by atoms with Gasteiger partial charge in [0, 0.05) is 22.6 Å². The summed E-state index contributed by atoms with van der Waals surface area (Å²) in [6.07, 6.45) is 4.97. The van der Waals surface area contributed by atoms with Gasteiger partial charge in [-0.2, -0.15) is 0 Å². The highest BCUT2D eigenvalue weighted by Crippen LogP contribution is 2.13. The van der Waals surface area contributed by atoms with Crippen molar-refractivity contribution in [3.05, 3.63) is 34.7 Å². The molecule has 2 heterocycles. The summed E-state index contributed by atoms with van der Waals surface area (Å²) < 4.78 is 3.19. The Balaban J connectivity index is 0.000000509. The van der Waals surface area contributed by atoms with Crippen molar-refractivity contribution in [1.82, 2.24) is 9.38 Å². The van der Waals surface area contributed by atoms with Crippen molar-refractivity contribution >= 4 is 21.6 Å². The van der Waals surface area contributed by atoms with Gasteiger partial charge in [-0.3, -0.25) is 0 Å². The van der Waals surface area contributed by atoms with E-state index in [-0.39, 0.29) is 0 Å². The number of hydrogen-bond acceptors (Lipinski definition) is 1. The van der Waals surface area contributed by atoms with Crippen LogP contribution in [0.2, 0.25) is 0 Å². The zero-order valence-electron chi connectivity index (χ0n) is 10.8. The molecule has 0 unspecified atom stereocenters. The van der Waals surface area contributed by atoms with Crippen LogP contribution in [0, 0.1) is 0 Å². The van der Waals surface area contributed by atoms with Crippen LogP contribution in [0.4, 0.5) is 0 Å². The third kappa shape index (κ3) is 3.63. The van der Waals surface area contributed by atoms with E-state index in [1.54, 1.807) is 0 Å². The first-order valence-corrected chi connectivity index (χ1v) is 6.72. The smallest absolute Gasteiger partial charge is 0.136 e. The van der Waals surface area contributed by atoms with Crippen LogP contribution in [0.1, 0.15) is 40.3 Å². The molecule has 0 aliphatic carbocycles. The van der Waals surface area contributed by atoms with E-state index in [9.17, 15) is 0 Å². The molecule has 2 nitrogen and oxygen atoms in total. The molecule has 0 aliphatic rings. The Bertz CT molecular complexity index is 407. The molecule has 90 valence electrons. The first kappa shape index (κ1) is 15.2. The quantitative estimate of drug-likeness (QED) is 0.741. The Morgan fingerprint density at radius 2 is 1.81 bits per heavy atom. The SMILES string of the molecule is CC.CC.CCc1cnc2ccc(Br)cn12. The van der Waals surface area contributed by atoms with Gasteiger partial charge in [0.2, 0.25) is 0 Å². The molecule has 0 N–H and O–H groups in total.